The smallest absolute Gasteiger partial charge is 0.123 e. The fourth-order valence-corrected chi connectivity index (χ4v) is 1.57. The monoisotopic (exact) mass is 182 g/mol. The highest BCUT2D eigenvalue weighted by atomic mass is 19.1. The van der Waals surface area contributed by atoms with E-state index in [9.17, 15) is 9.50 Å². The van der Waals surface area contributed by atoms with E-state index in [4.69, 9.17) is 4.74 Å². The van der Waals surface area contributed by atoms with Gasteiger partial charge in [-0.05, 0) is 17.7 Å². The van der Waals surface area contributed by atoms with E-state index in [1.807, 2.05) is 0 Å². The lowest BCUT2D eigenvalue weighted by atomic mass is 9.96. The highest BCUT2D eigenvalue weighted by molar-refractivity contribution is 5.22. The molecule has 0 aliphatic carbocycles. The minimum absolute atomic E-state index is 0.000556. The average Bonchev–Trinajstić information content (AvgIpc) is 2.53. The van der Waals surface area contributed by atoms with E-state index in [1.165, 1.54) is 12.1 Å². The molecule has 1 saturated heterocycles. The maximum atomic E-state index is 12.6. The fraction of sp³-hybridized carbons (Fsp3) is 0.400. The molecule has 0 unspecified atom stereocenters. The van der Waals surface area contributed by atoms with Gasteiger partial charge in [0.15, 0.2) is 0 Å². The topological polar surface area (TPSA) is 29.5 Å². The van der Waals surface area contributed by atoms with Gasteiger partial charge in [0, 0.05) is 5.92 Å². The summed E-state index contributed by atoms with van der Waals surface area (Å²) >= 11 is 0. The lowest BCUT2D eigenvalue weighted by Gasteiger charge is -2.11. The van der Waals surface area contributed by atoms with Gasteiger partial charge in [-0.25, -0.2) is 4.39 Å². The van der Waals surface area contributed by atoms with Crippen molar-refractivity contribution in [3.8, 4) is 0 Å². The molecule has 13 heavy (non-hydrogen) atoms. The first-order valence-corrected chi connectivity index (χ1v) is 4.28. The third-order valence-electron chi connectivity index (χ3n) is 2.35. The molecule has 0 radical (unpaired) electrons. The van der Waals surface area contributed by atoms with E-state index in [0.29, 0.717) is 13.2 Å². The zero-order valence-corrected chi connectivity index (χ0v) is 7.11. The summed E-state index contributed by atoms with van der Waals surface area (Å²) in [6.45, 7) is 0.898. The Labute approximate surface area is 76.0 Å². The number of benzene rings is 1. The first-order valence-electron chi connectivity index (χ1n) is 4.28. The summed E-state index contributed by atoms with van der Waals surface area (Å²) in [6.07, 6.45) is -0.453. The van der Waals surface area contributed by atoms with E-state index >= 15 is 0 Å². The summed E-state index contributed by atoms with van der Waals surface area (Å²) in [7, 11) is 0. The van der Waals surface area contributed by atoms with Crippen molar-refractivity contribution in [1.82, 2.24) is 0 Å². The van der Waals surface area contributed by atoms with Gasteiger partial charge in [0.1, 0.15) is 5.82 Å². The molecule has 0 amide bonds. The van der Waals surface area contributed by atoms with Crippen LogP contribution in [0.3, 0.4) is 0 Å². The Morgan fingerprint density at radius 3 is 2.46 bits per heavy atom. The van der Waals surface area contributed by atoms with Gasteiger partial charge in [-0.2, -0.15) is 0 Å². The van der Waals surface area contributed by atoms with Crippen LogP contribution < -0.4 is 0 Å². The molecule has 0 saturated carbocycles. The van der Waals surface area contributed by atoms with Crippen LogP contribution in [-0.2, 0) is 4.74 Å². The number of ether oxygens (including phenoxy) is 1. The molecule has 0 aromatic heterocycles. The zero-order valence-electron chi connectivity index (χ0n) is 7.11. The van der Waals surface area contributed by atoms with Crippen LogP contribution in [0.4, 0.5) is 4.39 Å². The second kappa shape index (κ2) is 3.44. The Bertz CT molecular complexity index is 283. The van der Waals surface area contributed by atoms with Gasteiger partial charge in [-0.15, -0.1) is 0 Å². The molecular weight excluding hydrogens is 171 g/mol. The van der Waals surface area contributed by atoms with Crippen molar-refractivity contribution in [2.75, 3.05) is 13.2 Å². The molecular formula is C10H11FO2. The second-order valence-corrected chi connectivity index (χ2v) is 3.26. The molecule has 1 aliphatic heterocycles. The Morgan fingerprint density at radius 1 is 1.23 bits per heavy atom. The molecule has 1 heterocycles. The third-order valence-corrected chi connectivity index (χ3v) is 2.35. The summed E-state index contributed by atoms with van der Waals surface area (Å²) < 4.78 is 17.7. The summed E-state index contributed by atoms with van der Waals surface area (Å²) in [5.41, 5.74) is 0.936. The summed E-state index contributed by atoms with van der Waals surface area (Å²) in [5.74, 6) is -0.252. The van der Waals surface area contributed by atoms with E-state index in [2.05, 4.69) is 0 Å². The van der Waals surface area contributed by atoms with Crippen LogP contribution in [0.15, 0.2) is 24.3 Å². The number of hydrogen-bond acceptors (Lipinski definition) is 2. The average molecular weight is 182 g/mol. The maximum Gasteiger partial charge on any atom is 0.123 e. The van der Waals surface area contributed by atoms with Gasteiger partial charge in [-0.3, -0.25) is 0 Å². The minimum atomic E-state index is -0.453. The van der Waals surface area contributed by atoms with Crippen LogP contribution in [0.2, 0.25) is 0 Å². The largest absolute Gasteiger partial charge is 0.390 e. The molecule has 2 nitrogen and oxygen atoms in total. The van der Waals surface area contributed by atoms with Crippen LogP contribution in [-0.4, -0.2) is 24.4 Å². The van der Waals surface area contributed by atoms with Crippen LogP contribution in [0.5, 0.6) is 0 Å². The van der Waals surface area contributed by atoms with Gasteiger partial charge in [0.05, 0.1) is 19.3 Å². The number of halogens is 1. The number of rotatable bonds is 1. The summed E-state index contributed by atoms with van der Waals surface area (Å²) in [4.78, 5) is 0. The summed E-state index contributed by atoms with van der Waals surface area (Å²) in [5, 5.41) is 9.49. The standard InChI is InChI=1S/C10H11FO2/c11-8-3-1-7(2-4-8)9-5-13-6-10(9)12/h1-4,9-10,12H,5-6H2/t9-,10+/m0/s1. The van der Waals surface area contributed by atoms with E-state index in [-0.39, 0.29) is 11.7 Å². The molecule has 0 spiro atoms. The number of aliphatic hydroxyl groups excluding tert-OH is 1. The Hall–Kier alpha value is -0.930. The normalized spacial score (nSPS) is 27.8. The van der Waals surface area contributed by atoms with Crippen molar-refractivity contribution < 1.29 is 14.2 Å². The lowest BCUT2D eigenvalue weighted by Crippen LogP contribution is -2.15. The predicted molar refractivity (Wildman–Crippen MR) is 46.0 cm³/mol. The van der Waals surface area contributed by atoms with Gasteiger partial charge < -0.3 is 9.84 Å². The zero-order chi connectivity index (χ0) is 9.26. The third kappa shape index (κ3) is 1.71. The van der Waals surface area contributed by atoms with Crippen molar-refractivity contribution >= 4 is 0 Å². The van der Waals surface area contributed by atoms with Gasteiger partial charge in [-0.1, -0.05) is 12.1 Å². The molecule has 3 heteroatoms. The van der Waals surface area contributed by atoms with Crippen LogP contribution in [0.25, 0.3) is 0 Å². The van der Waals surface area contributed by atoms with E-state index in [0.717, 1.165) is 5.56 Å². The molecule has 1 N–H and O–H groups in total. The lowest BCUT2D eigenvalue weighted by molar-refractivity contribution is 0.124. The molecule has 1 aliphatic rings. The van der Waals surface area contributed by atoms with E-state index in [1.54, 1.807) is 12.1 Å². The summed E-state index contributed by atoms with van der Waals surface area (Å²) in [6, 6.07) is 6.19. The van der Waals surface area contributed by atoms with Gasteiger partial charge in [0.25, 0.3) is 0 Å². The molecule has 2 atom stereocenters. The number of hydrogen-bond donors (Lipinski definition) is 1. The van der Waals surface area contributed by atoms with Crippen LogP contribution >= 0.6 is 0 Å². The minimum Gasteiger partial charge on any atom is -0.390 e. The van der Waals surface area contributed by atoms with Crippen molar-refractivity contribution in [1.29, 1.82) is 0 Å². The van der Waals surface area contributed by atoms with Crippen LogP contribution in [0.1, 0.15) is 11.5 Å². The molecule has 1 aromatic rings. The van der Waals surface area contributed by atoms with Gasteiger partial charge in [0.2, 0.25) is 0 Å². The first kappa shape index (κ1) is 8.66. The predicted octanol–water partition coefficient (Wildman–Crippen LogP) is 1.30. The fourth-order valence-electron chi connectivity index (χ4n) is 1.57. The van der Waals surface area contributed by atoms with E-state index < -0.39 is 6.10 Å². The SMILES string of the molecule is O[C@@H]1COC[C@H]1c1ccc(F)cc1. The van der Waals surface area contributed by atoms with Crippen molar-refractivity contribution in [3.63, 3.8) is 0 Å². The molecule has 2 rings (SSSR count). The number of aliphatic hydroxyl groups is 1. The van der Waals surface area contributed by atoms with Crippen molar-refractivity contribution in [2.45, 2.75) is 12.0 Å². The van der Waals surface area contributed by atoms with Crippen LogP contribution in [0, 0.1) is 5.82 Å². The molecule has 1 aromatic carbocycles. The first-order chi connectivity index (χ1) is 6.27. The Morgan fingerprint density at radius 2 is 1.92 bits per heavy atom. The maximum absolute atomic E-state index is 12.6. The van der Waals surface area contributed by atoms with Gasteiger partial charge >= 0.3 is 0 Å². The quantitative estimate of drug-likeness (QED) is 0.709. The second-order valence-electron chi connectivity index (χ2n) is 3.26. The van der Waals surface area contributed by atoms with Crippen molar-refractivity contribution in [3.05, 3.63) is 35.6 Å². The van der Waals surface area contributed by atoms with Crippen molar-refractivity contribution in [2.24, 2.45) is 0 Å². The highest BCUT2D eigenvalue weighted by Gasteiger charge is 2.27. The Balaban J connectivity index is 2.20. The Kier molecular flexibility index (Phi) is 2.29. The highest BCUT2D eigenvalue weighted by Crippen LogP contribution is 2.25. The molecule has 0 bridgehead atoms. The molecule has 70 valence electrons. The molecule has 1 fully saturated rings.